The molecule has 9 atom stereocenters. The number of hydrogen-bond donors (Lipinski definition) is 0. The molecular weight excluding hydrogens is 404 g/mol. The van der Waals surface area contributed by atoms with Crippen LogP contribution in [0.1, 0.15) is 112 Å². The predicted octanol–water partition coefficient (Wildman–Crippen LogP) is 9.33. The summed E-state index contributed by atoms with van der Waals surface area (Å²) in [6.45, 7) is 20.1. The highest BCUT2D eigenvalue weighted by molar-refractivity contribution is 6.69. The van der Waals surface area contributed by atoms with E-state index < -0.39 is 8.32 Å². The highest BCUT2D eigenvalue weighted by Crippen LogP contribution is 2.68. The van der Waals surface area contributed by atoms with Crippen LogP contribution < -0.4 is 0 Å². The topological polar surface area (TPSA) is 9.23 Å². The standard InChI is InChI=1S/C30H56OSi/c1-21(2)12-11-13-22(3)24-15-16-25-23-20-28(31-32(6,7)8)27-14-9-10-18-29(27,4)26(23)17-19-30(24,25)5/h21-28H,9-20H2,1-8H3/t22-,23+,24-,25+,26+,27-,28-,29-,30-/m1/s1. The summed E-state index contributed by atoms with van der Waals surface area (Å²) < 4.78 is 7.03. The van der Waals surface area contributed by atoms with Gasteiger partial charge in [0.1, 0.15) is 0 Å². The quantitative estimate of drug-likeness (QED) is 0.344. The van der Waals surface area contributed by atoms with Crippen LogP contribution in [0.2, 0.25) is 19.6 Å². The summed E-state index contributed by atoms with van der Waals surface area (Å²) in [5.41, 5.74) is 1.15. The molecule has 0 aliphatic heterocycles. The maximum Gasteiger partial charge on any atom is 0.184 e. The molecule has 0 aromatic rings. The van der Waals surface area contributed by atoms with Gasteiger partial charge in [-0.05, 0) is 117 Å². The van der Waals surface area contributed by atoms with Gasteiger partial charge in [-0.1, -0.05) is 66.7 Å². The maximum atomic E-state index is 7.03. The molecule has 0 heterocycles. The number of rotatable bonds is 7. The summed E-state index contributed by atoms with van der Waals surface area (Å²) in [4.78, 5) is 0. The van der Waals surface area contributed by atoms with Crippen LogP contribution in [-0.2, 0) is 4.43 Å². The van der Waals surface area contributed by atoms with Crippen molar-refractivity contribution in [2.75, 3.05) is 0 Å². The number of hydrogen-bond acceptors (Lipinski definition) is 1. The van der Waals surface area contributed by atoms with Gasteiger partial charge in [-0.15, -0.1) is 0 Å². The lowest BCUT2D eigenvalue weighted by Gasteiger charge is -2.63. The van der Waals surface area contributed by atoms with E-state index in [2.05, 4.69) is 54.3 Å². The van der Waals surface area contributed by atoms with Gasteiger partial charge >= 0.3 is 0 Å². The van der Waals surface area contributed by atoms with E-state index in [0.29, 0.717) is 16.9 Å². The van der Waals surface area contributed by atoms with Crippen LogP contribution >= 0.6 is 0 Å². The average Bonchev–Trinajstić information content (AvgIpc) is 3.04. The lowest BCUT2D eigenvalue weighted by molar-refractivity contribution is -0.154. The fraction of sp³-hybridized carbons (Fsp3) is 1.00. The van der Waals surface area contributed by atoms with Gasteiger partial charge in [0.2, 0.25) is 0 Å². The van der Waals surface area contributed by atoms with Crippen molar-refractivity contribution in [2.45, 2.75) is 137 Å². The maximum absolute atomic E-state index is 7.03. The van der Waals surface area contributed by atoms with E-state index in [-0.39, 0.29) is 0 Å². The molecule has 1 nitrogen and oxygen atoms in total. The summed E-state index contributed by atoms with van der Waals surface area (Å²) >= 11 is 0. The lowest BCUT2D eigenvalue weighted by Crippen LogP contribution is -2.58. The summed E-state index contributed by atoms with van der Waals surface area (Å²) in [6.07, 6.45) is 18.1. The minimum absolute atomic E-state index is 0.549. The van der Waals surface area contributed by atoms with E-state index in [1.807, 2.05) is 0 Å². The van der Waals surface area contributed by atoms with Gasteiger partial charge in [0, 0.05) is 6.10 Å². The molecule has 0 amide bonds. The lowest BCUT2D eigenvalue weighted by atomic mass is 9.44. The van der Waals surface area contributed by atoms with E-state index in [1.165, 1.54) is 77.0 Å². The fourth-order valence-corrected chi connectivity index (χ4v) is 11.1. The van der Waals surface area contributed by atoms with E-state index >= 15 is 0 Å². The van der Waals surface area contributed by atoms with Gasteiger partial charge in [-0.3, -0.25) is 0 Å². The molecule has 0 unspecified atom stereocenters. The molecule has 0 aromatic carbocycles. The average molecular weight is 461 g/mol. The SMILES string of the molecule is CC(C)CCC[C@@H](C)[C@H]1CC[C@H]2[C@@H]3C[C@@H](O[Si](C)(C)C)[C@H]4CCCC[C@]4(C)[C@H]3CC[C@]12C. The highest BCUT2D eigenvalue weighted by atomic mass is 28.4. The molecule has 0 bridgehead atoms. The van der Waals surface area contributed by atoms with E-state index in [4.69, 9.17) is 4.43 Å². The van der Waals surface area contributed by atoms with Gasteiger partial charge < -0.3 is 4.43 Å². The Morgan fingerprint density at radius 2 is 1.53 bits per heavy atom. The largest absolute Gasteiger partial charge is 0.414 e. The molecule has 0 aromatic heterocycles. The molecule has 4 rings (SSSR count). The molecule has 2 heteroatoms. The monoisotopic (exact) mass is 460 g/mol. The van der Waals surface area contributed by atoms with Crippen LogP contribution in [0.3, 0.4) is 0 Å². The summed E-state index contributed by atoms with van der Waals surface area (Å²) in [7, 11) is -1.52. The Labute approximate surface area is 202 Å². The van der Waals surface area contributed by atoms with Crippen LogP contribution in [0.5, 0.6) is 0 Å². The molecule has 32 heavy (non-hydrogen) atoms. The third-order valence-electron chi connectivity index (χ3n) is 11.3. The Bertz CT molecular complexity index is 637. The van der Waals surface area contributed by atoms with Crippen molar-refractivity contribution in [2.24, 2.45) is 52.3 Å². The van der Waals surface area contributed by atoms with Crippen molar-refractivity contribution >= 4 is 8.32 Å². The normalized spacial score (nSPS) is 45.3. The first kappa shape index (κ1) is 25.3. The molecule has 0 spiro atoms. The van der Waals surface area contributed by atoms with Crippen molar-refractivity contribution < 1.29 is 4.43 Å². The molecule has 4 aliphatic carbocycles. The van der Waals surface area contributed by atoms with Crippen molar-refractivity contribution in [3.05, 3.63) is 0 Å². The van der Waals surface area contributed by atoms with Gasteiger partial charge in [0.15, 0.2) is 8.32 Å². The van der Waals surface area contributed by atoms with E-state index in [1.54, 1.807) is 0 Å². The molecule has 4 aliphatic rings. The van der Waals surface area contributed by atoms with Gasteiger partial charge in [-0.25, -0.2) is 0 Å². The highest BCUT2D eigenvalue weighted by Gasteiger charge is 2.62. The summed E-state index contributed by atoms with van der Waals surface area (Å²) in [5, 5.41) is 0. The van der Waals surface area contributed by atoms with Crippen LogP contribution in [-0.4, -0.2) is 14.4 Å². The Morgan fingerprint density at radius 1 is 0.812 bits per heavy atom. The smallest absolute Gasteiger partial charge is 0.184 e. The second-order valence-corrected chi connectivity index (χ2v) is 19.2. The zero-order valence-corrected chi connectivity index (χ0v) is 24.0. The van der Waals surface area contributed by atoms with Crippen molar-refractivity contribution in [1.82, 2.24) is 0 Å². The Kier molecular flexibility index (Phi) is 7.37. The predicted molar refractivity (Wildman–Crippen MR) is 141 cm³/mol. The zero-order valence-electron chi connectivity index (χ0n) is 23.0. The first-order valence-corrected chi connectivity index (χ1v) is 18.0. The summed E-state index contributed by atoms with van der Waals surface area (Å²) in [5.74, 6) is 6.45. The zero-order chi connectivity index (χ0) is 23.3. The molecule has 0 N–H and O–H groups in total. The Hall–Kier alpha value is 0.177. The van der Waals surface area contributed by atoms with Crippen LogP contribution in [0, 0.1) is 52.3 Å². The van der Waals surface area contributed by atoms with Crippen LogP contribution in [0.25, 0.3) is 0 Å². The molecule has 4 fully saturated rings. The third-order valence-corrected chi connectivity index (χ3v) is 12.3. The fourth-order valence-electron chi connectivity index (χ4n) is 9.93. The minimum Gasteiger partial charge on any atom is -0.414 e. The van der Waals surface area contributed by atoms with Crippen molar-refractivity contribution in [1.29, 1.82) is 0 Å². The minimum atomic E-state index is -1.52. The van der Waals surface area contributed by atoms with Crippen molar-refractivity contribution in [3.63, 3.8) is 0 Å². The summed E-state index contributed by atoms with van der Waals surface area (Å²) in [6, 6.07) is 0. The van der Waals surface area contributed by atoms with Crippen LogP contribution in [0.4, 0.5) is 0 Å². The molecular formula is C30H56OSi. The Balaban J connectivity index is 1.54. The van der Waals surface area contributed by atoms with Gasteiger partial charge in [-0.2, -0.15) is 0 Å². The molecule has 4 saturated carbocycles. The molecule has 0 saturated heterocycles. The molecule has 186 valence electrons. The van der Waals surface area contributed by atoms with E-state index in [9.17, 15) is 0 Å². The van der Waals surface area contributed by atoms with Gasteiger partial charge in [0.05, 0.1) is 0 Å². The first-order chi connectivity index (χ1) is 15.0. The second-order valence-electron chi connectivity index (χ2n) is 14.8. The third kappa shape index (κ3) is 4.67. The van der Waals surface area contributed by atoms with Crippen LogP contribution in [0.15, 0.2) is 0 Å². The van der Waals surface area contributed by atoms with E-state index in [0.717, 1.165) is 41.4 Å². The number of fused-ring (bicyclic) bond motifs is 5. The second kappa shape index (κ2) is 9.33. The van der Waals surface area contributed by atoms with Gasteiger partial charge in [0.25, 0.3) is 0 Å². The molecule has 0 radical (unpaired) electrons. The first-order valence-electron chi connectivity index (χ1n) is 14.6. The van der Waals surface area contributed by atoms with Crippen molar-refractivity contribution in [3.8, 4) is 0 Å². The Morgan fingerprint density at radius 3 is 2.22 bits per heavy atom.